The van der Waals surface area contributed by atoms with Crippen LogP contribution in [0.25, 0.3) is 5.69 Å². The second-order valence-corrected chi connectivity index (χ2v) is 5.73. The second kappa shape index (κ2) is 7.31. The molecule has 22 heavy (non-hydrogen) atoms. The van der Waals surface area contributed by atoms with Crippen LogP contribution in [0.3, 0.4) is 0 Å². The van der Waals surface area contributed by atoms with E-state index in [-0.39, 0.29) is 0 Å². The van der Waals surface area contributed by atoms with E-state index in [1.54, 1.807) is 14.2 Å². The van der Waals surface area contributed by atoms with Crippen molar-refractivity contribution in [3.05, 3.63) is 35.7 Å². The van der Waals surface area contributed by atoms with E-state index in [4.69, 9.17) is 9.47 Å². The van der Waals surface area contributed by atoms with Gasteiger partial charge in [0.05, 0.1) is 20.4 Å². The van der Waals surface area contributed by atoms with Gasteiger partial charge in [-0.15, -0.1) is 0 Å². The summed E-state index contributed by atoms with van der Waals surface area (Å²) in [5, 5.41) is 7.96. The van der Waals surface area contributed by atoms with Gasteiger partial charge < -0.3 is 14.8 Å². The van der Waals surface area contributed by atoms with Crippen molar-refractivity contribution in [2.24, 2.45) is 5.92 Å². The number of benzene rings is 1. The van der Waals surface area contributed by atoms with Crippen LogP contribution in [0.1, 0.15) is 25.1 Å². The van der Waals surface area contributed by atoms with Crippen molar-refractivity contribution in [1.82, 2.24) is 15.1 Å². The van der Waals surface area contributed by atoms with Gasteiger partial charge >= 0.3 is 0 Å². The molecule has 5 heteroatoms. The first-order valence-electron chi connectivity index (χ1n) is 7.53. The SMILES string of the molecule is COc1ccc(OC)c(-n2ncc(CNCC(C)C)c2C)c1. The van der Waals surface area contributed by atoms with Gasteiger partial charge in [0, 0.05) is 23.9 Å². The van der Waals surface area contributed by atoms with Gasteiger partial charge in [-0.1, -0.05) is 13.8 Å². The van der Waals surface area contributed by atoms with Crippen molar-refractivity contribution < 1.29 is 9.47 Å². The Morgan fingerprint density at radius 3 is 2.64 bits per heavy atom. The van der Waals surface area contributed by atoms with Gasteiger partial charge in [-0.2, -0.15) is 5.10 Å². The maximum absolute atomic E-state index is 5.44. The molecule has 0 amide bonds. The van der Waals surface area contributed by atoms with Gasteiger partial charge in [0.2, 0.25) is 0 Å². The summed E-state index contributed by atoms with van der Waals surface area (Å²) in [6.45, 7) is 8.27. The van der Waals surface area contributed by atoms with Crippen LogP contribution >= 0.6 is 0 Å². The Balaban J connectivity index is 2.28. The Kier molecular flexibility index (Phi) is 5.44. The number of aromatic nitrogens is 2. The highest BCUT2D eigenvalue weighted by atomic mass is 16.5. The first-order chi connectivity index (χ1) is 10.6. The molecule has 0 fully saturated rings. The van der Waals surface area contributed by atoms with E-state index in [1.807, 2.05) is 29.1 Å². The molecule has 1 N–H and O–H groups in total. The third-order valence-electron chi connectivity index (χ3n) is 3.59. The Bertz CT molecular complexity index is 620. The van der Waals surface area contributed by atoms with Crippen molar-refractivity contribution in [3.8, 4) is 17.2 Å². The predicted octanol–water partition coefficient (Wildman–Crippen LogP) is 2.94. The fourth-order valence-corrected chi connectivity index (χ4v) is 2.32. The molecule has 2 aromatic rings. The van der Waals surface area contributed by atoms with Crippen LogP contribution in [0.5, 0.6) is 11.5 Å². The molecule has 1 aromatic carbocycles. The Morgan fingerprint density at radius 1 is 1.23 bits per heavy atom. The number of nitrogens with zero attached hydrogens (tertiary/aromatic N) is 2. The van der Waals surface area contributed by atoms with Crippen LogP contribution in [0.4, 0.5) is 0 Å². The maximum atomic E-state index is 5.44. The van der Waals surface area contributed by atoms with Gasteiger partial charge in [-0.05, 0) is 31.5 Å². The molecule has 0 saturated carbocycles. The quantitative estimate of drug-likeness (QED) is 0.854. The van der Waals surface area contributed by atoms with Crippen molar-refractivity contribution in [3.63, 3.8) is 0 Å². The first kappa shape index (κ1) is 16.4. The van der Waals surface area contributed by atoms with Crippen LogP contribution in [0.15, 0.2) is 24.4 Å². The van der Waals surface area contributed by atoms with Crippen molar-refractivity contribution in [2.75, 3.05) is 20.8 Å². The zero-order chi connectivity index (χ0) is 16.1. The zero-order valence-corrected chi connectivity index (χ0v) is 14.0. The van der Waals surface area contributed by atoms with Gasteiger partial charge in [0.15, 0.2) is 0 Å². The molecule has 0 aliphatic rings. The number of rotatable bonds is 7. The highest BCUT2D eigenvalue weighted by molar-refractivity contribution is 5.52. The molecular formula is C17H25N3O2. The number of methoxy groups -OCH3 is 2. The topological polar surface area (TPSA) is 48.3 Å². The monoisotopic (exact) mass is 303 g/mol. The van der Waals surface area contributed by atoms with Gasteiger partial charge in [-0.25, -0.2) is 4.68 Å². The molecule has 1 heterocycles. The van der Waals surface area contributed by atoms with Crippen LogP contribution in [-0.4, -0.2) is 30.5 Å². The van der Waals surface area contributed by atoms with Gasteiger partial charge in [0.1, 0.15) is 17.2 Å². The first-order valence-corrected chi connectivity index (χ1v) is 7.53. The lowest BCUT2D eigenvalue weighted by Crippen LogP contribution is -2.19. The summed E-state index contributed by atoms with van der Waals surface area (Å²) < 4.78 is 12.6. The van der Waals surface area contributed by atoms with Crippen LogP contribution < -0.4 is 14.8 Å². The molecule has 0 saturated heterocycles. The van der Waals surface area contributed by atoms with Crippen molar-refractivity contribution in [2.45, 2.75) is 27.3 Å². The average Bonchev–Trinajstić information content (AvgIpc) is 2.87. The number of ether oxygens (including phenoxy) is 2. The molecule has 0 atom stereocenters. The van der Waals surface area contributed by atoms with Crippen LogP contribution in [0.2, 0.25) is 0 Å². The van der Waals surface area contributed by atoms with Crippen LogP contribution in [0, 0.1) is 12.8 Å². The Hall–Kier alpha value is -2.01. The lowest BCUT2D eigenvalue weighted by molar-refractivity contribution is 0.400. The summed E-state index contributed by atoms with van der Waals surface area (Å²) in [6, 6.07) is 5.71. The van der Waals surface area contributed by atoms with Crippen LogP contribution in [-0.2, 0) is 6.54 Å². The largest absolute Gasteiger partial charge is 0.497 e. The number of hydrogen-bond donors (Lipinski definition) is 1. The molecule has 1 aromatic heterocycles. The summed E-state index contributed by atoms with van der Waals surface area (Å²) in [4.78, 5) is 0. The molecular weight excluding hydrogens is 278 g/mol. The summed E-state index contributed by atoms with van der Waals surface area (Å²) in [6.07, 6.45) is 1.90. The normalized spacial score (nSPS) is 11.0. The molecule has 5 nitrogen and oxygen atoms in total. The third-order valence-corrected chi connectivity index (χ3v) is 3.59. The van der Waals surface area contributed by atoms with E-state index in [0.717, 1.165) is 36.0 Å². The van der Waals surface area contributed by atoms with E-state index in [1.165, 1.54) is 5.56 Å². The molecule has 2 rings (SSSR count). The minimum atomic E-state index is 0.633. The third kappa shape index (κ3) is 3.60. The molecule has 120 valence electrons. The fourth-order valence-electron chi connectivity index (χ4n) is 2.32. The lowest BCUT2D eigenvalue weighted by Gasteiger charge is -2.12. The minimum absolute atomic E-state index is 0.633. The summed E-state index contributed by atoms with van der Waals surface area (Å²) in [5.74, 6) is 2.19. The molecule has 0 aliphatic carbocycles. The maximum Gasteiger partial charge on any atom is 0.144 e. The summed E-state index contributed by atoms with van der Waals surface area (Å²) in [7, 11) is 3.32. The molecule has 0 radical (unpaired) electrons. The van der Waals surface area contributed by atoms with E-state index < -0.39 is 0 Å². The zero-order valence-electron chi connectivity index (χ0n) is 14.0. The fraction of sp³-hybridized carbons (Fsp3) is 0.471. The molecule has 0 unspecified atom stereocenters. The second-order valence-electron chi connectivity index (χ2n) is 5.73. The number of nitrogens with one attached hydrogen (secondary N) is 1. The van der Waals surface area contributed by atoms with Crippen molar-refractivity contribution in [1.29, 1.82) is 0 Å². The highest BCUT2D eigenvalue weighted by Gasteiger charge is 2.13. The highest BCUT2D eigenvalue weighted by Crippen LogP contribution is 2.28. The molecule has 0 spiro atoms. The Morgan fingerprint density at radius 2 is 2.00 bits per heavy atom. The molecule has 0 aliphatic heterocycles. The van der Waals surface area contributed by atoms with E-state index >= 15 is 0 Å². The smallest absolute Gasteiger partial charge is 0.144 e. The van der Waals surface area contributed by atoms with E-state index in [0.29, 0.717) is 5.92 Å². The molecule has 0 bridgehead atoms. The van der Waals surface area contributed by atoms with Crippen molar-refractivity contribution >= 4 is 0 Å². The predicted molar refractivity (Wildman–Crippen MR) is 87.9 cm³/mol. The van der Waals surface area contributed by atoms with Gasteiger partial charge in [0.25, 0.3) is 0 Å². The lowest BCUT2D eigenvalue weighted by atomic mass is 10.2. The number of hydrogen-bond acceptors (Lipinski definition) is 4. The van der Waals surface area contributed by atoms with E-state index in [2.05, 4.69) is 31.2 Å². The summed E-state index contributed by atoms with van der Waals surface area (Å²) in [5.41, 5.74) is 3.17. The van der Waals surface area contributed by atoms with E-state index in [9.17, 15) is 0 Å². The minimum Gasteiger partial charge on any atom is -0.497 e. The van der Waals surface area contributed by atoms with Gasteiger partial charge in [-0.3, -0.25) is 0 Å². The Labute approximate surface area is 132 Å². The summed E-state index contributed by atoms with van der Waals surface area (Å²) >= 11 is 0. The standard InChI is InChI=1S/C17H25N3O2/c1-12(2)9-18-10-14-11-19-20(13(14)3)16-8-15(21-4)6-7-17(16)22-5/h6-8,11-12,18H,9-10H2,1-5H3. The average molecular weight is 303 g/mol.